The van der Waals surface area contributed by atoms with Gasteiger partial charge in [0.05, 0.1) is 28.8 Å². The van der Waals surface area contributed by atoms with Gasteiger partial charge in [0.15, 0.2) is 5.82 Å². The molecule has 2 heterocycles. The first-order chi connectivity index (χ1) is 16.5. The number of nitrogens with zero attached hydrogens (tertiary/aromatic N) is 2. The Bertz CT molecular complexity index is 1490. The van der Waals surface area contributed by atoms with Crippen LogP contribution in [0.15, 0.2) is 42.2 Å². The van der Waals surface area contributed by atoms with Crippen molar-refractivity contribution in [3.63, 3.8) is 0 Å². The van der Waals surface area contributed by atoms with Crippen LogP contribution in [0.4, 0.5) is 13.6 Å². The maximum absolute atomic E-state index is 14.2. The highest BCUT2D eigenvalue weighted by Gasteiger charge is 2.40. The Balaban J connectivity index is 1.72. The highest BCUT2D eigenvalue weighted by molar-refractivity contribution is 7.46. The van der Waals surface area contributed by atoms with Gasteiger partial charge in [0, 0.05) is 17.1 Å². The number of carbonyl (C=O) groups is 2. The number of hydrogen-bond donors (Lipinski definition) is 4. The van der Waals surface area contributed by atoms with Gasteiger partial charge < -0.3 is 20.1 Å². The van der Waals surface area contributed by atoms with Gasteiger partial charge in [0.2, 0.25) is 0 Å². The van der Waals surface area contributed by atoms with Crippen molar-refractivity contribution in [3.8, 4) is 6.07 Å². The normalized spacial score (nSPS) is 16.1. The van der Waals surface area contributed by atoms with Crippen LogP contribution in [0.25, 0.3) is 17.0 Å². The van der Waals surface area contributed by atoms with Crippen molar-refractivity contribution in [2.75, 3.05) is 6.61 Å². The van der Waals surface area contributed by atoms with Crippen molar-refractivity contribution in [1.82, 2.24) is 15.2 Å². The molecule has 1 aromatic heterocycles. The minimum Gasteiger partial charge on any atom is -0.358 e. The molecule has 3 aromatic rings. The second-order valence-electron chi connectivity index (χ2n) is 7.34. The lowest BCUT2D eigenvalue weighted by atomic mass is 10.0. The molecule has 10 nitrogen and oxygen atoms in total. The number of aromatic nitrogens is 1. The molecule has 0 bridgehead atoms. The Morgan fingerprint density at radius 2 is 2.00 bits per heavy atom. The molecule has 14 heteroatoms. The van der Waals surface area contributed by atoms with E-state index in [-0.39, 0.29) is 27.4 Å². The molecule has 0 spiro atoms. The molecule has 0 radical (unpaired) electrons. The summed E-state index contributed by atoms with van der Waals surface area (Å²) < 4.78 is 44.2. The van der Waals surface area contributed by atoms with Gasteiger partial charge >= 0.3 is 13.9 Å². The number of fused-ring (bicyclic) bond motifs is 1. The zero-order valence-corrected chi connectivity index (χ0v) is 19.0. The summed E-state index contributed by atoms with van der Waals surface area (Å²) in [6, 6.07) is 5.21. The van der Waals surface area contributed by atoms with Crippen molar-refractivity contribution >= 4 is 48.3 Å². The number of halogens is 3. The number of phosphoric ester groups is 1. The van der Waals surface area contributed by atoms with E-state index in [1.54, 1.807) is 6.07 Å². The van der Waals surface area contributed by atoms with E-state index in [4.69, 9.17) is 26.6 Å². The van der Waals surface area contributed by atoms with Gasteiger partial charge in [-0.05, 0) is 29.8 Å². The zero-order valence-electron chi connectivity index (χ0n) is 17.3. The Morgan fingerprint density at radius 1 is 1.26 bits per heavy atom. The summed E-state index contributed by atoms with van der Waals surface area (Å²) in [7, 11) is -5.03. The van der Waals surface area contributed by atoms with Crippen LogP contribution in [-0.2, 0) is 13.9 Å². The highest BCUT2D eigenvalue weighted by Crippen LogP contribution is 2.39. The zero-order chi connectivity index (χ0) is 25.5. The van der Waals surface area contributed by atoms with E-state index in [0.717, 1.165) is 12.1 Å². The smallest absolute Gasteiger partial charge is 0.358 e. The fraction of sp³-hybridized carbons (Fsp3) is 0.0952. The second-order valence-corrected chi connectivity index (χ2v) is 8.99. The van der Waals surface area contributed by atoms with Crippen molar-refractivity contribution in [1.29, 1.82) is 5.26 Å². The molecule has 1 saturated heterocycles. The molecule has 4 rings (SSSR count). The highest BCUT2D eigenvalue weighted by atomic mass is 35.5. The molecule has 4 N–H and O–H groups in total. The predicted molar refractivity (Wildman–Crippen MR) is 118 cm³/mol. The van der Waals surface area contributed by atoms with Crippen LogP contribution < -0.4 is 5.32 Å². The number of urea groups is 1. The van der Waals surface area contributed by atoms with Crippen LogP contribution in [0.1, 0.15) is 22.7 Å². The van der Waals surface area contributed by atoms with Crippen LogP contribution in [0.5, 0.6) is 0 Å². The van der Waals surface area contributed by atoms with Crippen molar-refractivity contribution < 1.29 is 37.2 Å². The number of benzene rings is 2. The molecule has 1 atom stereocenters. The lowest BCUT2D eigenvalue weighted by Gasteiger charge is -2.25. The largest absolute Gasteiger partial charge is 0.469 e. The van der Waals surface area contributed by atoms with Gasteiger partial charge in [-0.3, -0.25) is 9.32 Å². The Labute approximate surface area is 200 Å². The van der Waals surface area contributed by atoms with Gasteiger partial charge in [-0.15, -0.1) is 0 Å². The first-order valence-electron chi connectivity index (χ1n) is 9.71. The number of phosphoric acid groups is 1. The number of imide groups is 1. The standard InChI is InChI=1S/C21H14ClF2N4O6P/c22-14-4-3-13-12(8-26-19(13)18(14)24)6-16-20(29)28(21(30)27-16)17(9-34-35(31,32)33)10-1-2-11(7-25)15(23)5-10/h1-6,8,17,26H,9H2,(H,27,30)(H2,31,32,33)/b16-6-. The number of carbonyl (C=O) groups excluding carboxylic acids is 2. The quantitative estimate of drug-likeness (QED) is 0.218. The monoisotopic (exact) mass is 522 g/mol. The average molecular weight is 523 g/mol. The average Bonchev–Trinajstić information content (AvgIpc) is 3.32. The van der Waals surface area contributed by atoms with Crippen LogP contribution in [0.2, 0.25) is 5.02 Å². The van der Waals surface area contributed by atoms with Crippen molar-refractivity contribution in [2.45, 2.75) is 6.04 Å². The second kappa shape index (κ2) is 9.22. The molecular weight excluding hydrogens is 509 g/mol. The van der Waals surface area contributed by atoms with E-state index in [9.17, 15) is 22.9 Å². The van der Waals surface area contributed by atoms with Gasteiger partial charge in [0.1, 0.15) is 17.6 Å². The maximum atomic E-state index is 14.2. The molecule has 1 unspecified atom stereocenters. The summed E-state index contributed by atoms with van der Waals surface area (Å²) in [6.07, 6.45) is 2.66. The molecule has 35 heavy (non-hydrogen) atoms. The van der Waals surface area contributed by atoms with E-state index in [1.807, 2.05) is 0 Å². The van der Waals surface area contributed by atoms with E-state index >= 15 is 0 Å². The van der Waals surface area contributed by atoms with Gasteiger partial charge in [0.25, 0.3) is 5.91 Å². The molecular formula is C21H14ClF2N4O6P. The molecule has 2 aromatic carbocycles. The summed E-state index contributed by atoms with van der Waals surface area (Å²) in [5.74, 6) is -2.58. The number of aromatic amines is 1. The third kappa shape index (κ3) is 4.81. The number of amides is 3. The van der Waals surface area contributed by atoms with Gasteiger partial charge in [-0.25, -0.2) is 23.0 Å². The maximum Gasteiger partial charge on any atom is 0.469 e. The lowest BCUT2D eigenvalue weighted by Crippen LogP contribution is -2.37. The number of hydrogen-bond acceptors (Lipinski definition) is 5. The van der Waals surface area contributed by atoms with E-state index in [0.29, 0.717) is 15.8 Å². The lowest BCUT2D eigenvalue weighted by molar-refractivity contribution is -0.125. The van der Waals surface area contributed by atoms with Crippen molar-refractivity contribution in [3.05, 3.63) is 75.6 Å². The fourth-order valence-electron chi connectivity index (χ4n) is 3.58. The number of H-pyrrole nitrogens is 1. The first kappa shape index (κ1) is 24.5. The Morgan fingerprint density at radius 3 is 2.66 bits per heavy atom. The van der Waals surface area contributed by atoms with Crippen LogP contribution in [-0.4, -0.2) is 38.2 Å². The van der Waals surface area contributed by atoms with Gasteiger partial charge in [-0.1, -0.05) is 23.7 Å². The minimum absolute atomic E-state index is 0.0523. The summed E-state index contributed by atoms with van der Waals surface area (Å²) in [5.41, 5.74) is -0.176. The SMILES string of the molecule is N#Cc1ccc(C(COP(=O)(O)O)N2C(=O)N/C(=C\c3c[nH]c4c(F)c(Cl)ccc34)C2=O)cc1F. The van der Waals surface area contributed by atoms with E-state index < -0.39 is 44.0 Å². The summed E-state index contributed by atoms with van der Waals surface area (Å²) in [6.45, 7) is -0.862. The van der Waals surface area contributed by atoms with Gasteiger partial charge in [-0.2, -0.15) is 5.26 Å². The predicted octanol–water partition coefficient (Wildman–Crippen LogP) is 3.71. The molecule has 0 saturated carbocycles. The molecule has 1 fully saturated rings. The summed E-state index contributed by atoms with van der Waals surface area (Å²) in [4.78, 5) is 47.3. The van der Waals surface area contributed by atoms with E-state index in [1.165, 1.54) is 30.5 Å². The topological polar surface area (TPSA) is 156 Å². The van der Waals surface area contributed by atoms with Crippen LogP contribution in [0.3, 0.4) is 0 Å². The summed E-state index contributed by atoms with van der Waals surface area (Å²) in [5, 5.41) is 11.5. The Kier molecular flexibility index (Phi) is 6.46. The molecule has 0 aliphatic carbocycles. The fourth-order valence-corrected chi connectivity index (χ4v) is 4.08. The van der Waals surface area contributed by atoms with Crippen LogP contribution in [0, 0.1) is 23.0 Å². The van der Waals surface area contributed by atoms with E-state index in [2.05, 4.69) is 14.8 Å². The number of rotatable bonds is 6. The molecule has 180 valence electrons. The van der Waals surface area contributed by atoms with Crippen LogP contribution >= 0.6 is 19.4 Å². The molecule has 1 aliphatic rings. The summed E-state index contributed by atoms with van der Waals surface area (Å²) >= 11 is 5.77. The Hall–Kier alpha value is -3.59. The number of nitrogens with one attached hydrogen (secondary N) is 2. The molecule has 1 aliphatic heterocycles. The third-order valence-corrected chi connectivity index (χ3v) is 5.98. The molecule has 3 amide bonds. The first-order valence-corrected chi connectivity index (χ1v) is 11.6. The van der Waals surface area contributed by atoms with Crippen molar-refractivity contribution in [2.24, 2.45) is 0 Å². The third-order valence-electron chi connectivity index (χ3n) is 5.20. The minimum atomic E-state index is -5.03. The number of nitriles is 1.